The number of unbranched alkanes of at least 4 members (excludes halogenated alkanes) is 13. The fraction of sp³-hybridized carbons (Fsp3) is 0.738. The van der Waals surface area contributed by atoms with Crippen LogP contribution < -0.4 is 10.2 Å². The van der Waals surface area contributed by atoms with Gasteiger partial charge in [0.2, 0.25) is 5.91 Å². The second-order valence-electron chi connectivity index (χ2n) is 14.6. The molecule has 8 nitrogen and oxygen atoms in total. The monoisotopic (exact) mass is 737 g/mol. The summed E-state index contributed by atoms with van der Waals surface area (Å²) in [5.74, 6) is -0.295. The van der Waals surface area contributed by atoms with E-state index < -0.39 is 20.0 Å². The first-order chi connectivity index (χ1) is 24.5. The third kappa shape index (κ3) is 36.4. The number of nitrogens with one attached hydrogen (secondary N) is 1. The van der Waals surface area contributed by atoms with Crippen LogP contribution in [-0.4, -0.2) is 68.5 Å². The van der Waals surface area contributed by atoms with E-state index in [9.17, 15) is 19.4 Å². The van der Waals surface area contributed by atoms with E-state index >= 15 is 0 Å². The van der Waals surface area contributed by atoms with Crippen molar-refractivity contribution in [3.05, 3.63) is 60.8 Å². The van der Waals surface area contributed by atoms with E-state index in [0.29, 0.717) is 23.9 Å². The Morgan fingerprint density at radius 3 is 1.57 bits per heavy atom. The Balaban J connectivity index is 4.60. The van der Waals surface area contributed by atoms with Crippen LogP contribution >= 0.6 is 7.82 Å². The lowest BCUT2D eigenvalue weighted by atomic mass is 10.0. The molecule has 1 amide bonds. The molecule has 2 N–H and O–H groups in total. The lowest BCUT2D eigenvalue weighted by Crippen LogP contribution is -2.46. The highest BCUT2D eigenvalue weighted by atomic mass is 31.2. The zero-order valence-corrected chi connectivity index (χ0v) is 34.2. The molecule has 0 spiro atoms. The number of phosphoric ester groups is 1. The van der Waals surface area contributed by atoms with Gasteiger partial charge in [-0.05, 0) is 38.5 Å². The number of phosphoric acid groups is 1. The first-order valence-corrected chi connectivity index (χ1v) is 21.6. The SMILES string of the molecule is CC/C=C\C/C=C\C/C=C\C/C=C\C/C=C\CC(=O)NC(COP(=O)([O-])OCC[N+](C)(C)C)C(O)CCCCCCCCCCCCCCCC. The predicted octanol–water partition coefficient (Wildman–Crippen LogP) is 10.1. The Labute approximate surface area is 313 Å². The molecule has 9 heteroatoms. The Hall–Kier alpha value is -1.80. The highest BCUT2D eigenvalue weighted by molar-refractivity contribution is 7.45. The summed E-state index contributed by atoms with van der Waals surface area (Å²) in [4.78, 5) is 25.2. The standard InChI is InChI=1S/C42H77N2O6P/c1-6-8-10-12-14-16-18-20-22-24-26-28-30-32-34-36-42(46)43-40(39-50-51(47,48)49-38-37-44(3,4)5)41(45)35-33-31-29-27-25-23-21-19-17-15-13-11-9-7-2/h8,10,14,16,20,22,26,28,32,34,40-41,45H,6-7,9,11-13,15,17-19,21,23-25,27,29-31,33,35-39H2,1-5H3,(H-,43,46,47,48)/b10-8-,16-14-,22-20-,28-26-,34-32-. The fourth-order valence-electron chi connectivity index (χ4n) is 5.34. The van der Waals surface area contributed by atoms with Crippen molar-refractivity contribution < 1.29 is 32.9 Å². The van der Waals surface area contributed by atoms with E-state index in [2.05, 4.69) is 67.8 Å². The quantitative estimate of drug-likeness (QED) is 0.0290. The van der Waals surface area contributed by atoms with Crippen LogP contribution in [-0.2, 0) is 18.4 Å². The van der Waals surface area contributed by atoms with Crippen molar-refractivity contribution in [3.8, 4) is 0 Å². The van der Waals surface area contributed by atoms with Crippen molar-refractivity contribution in [2.75, 3.05) is 40.9 Å². The Morgan fingerprint density at radius 1 is 0.686 bits per heavy atom. The smallest absolute Gasteiger partial charge is 0.268 e. The number of nitrogens with zero attached hydrogens (tertiary/aromatic N) is 1. The third-order valence-corrected chi connectivity index (χ3v) is 9.51. The molecule has 0 aliphatic rings. The molecular formula is C42H77N2O6P. The molecule has 296 valence electrons. The second-order valence-corrected chi connectivity index (χ2v) is 16.0. The van der Waals surface area contributed by atoms with Gasteiger partial charge in [-0.3, -0.25) is 9.36 Å². The number of carbonyl (C=O) groups is 1. The van der Waals surface area contributed by atoms with Crippen LogP contribution in [0, 0.1) is 0 Å². The average molecular weight is 737 g/mol. The van der Waals surface area contributed by atoms with E-state index in [0.717, 1.165) is 44.9 Å². The number of likely N-dealkylation sites (N-methyl/N-ethyl adjacent to an activating group) is 1. The molecule has 0 aromatic rings. The van der Waals surface area contributed by atoms with Crippen LogP contribution in [0.4, 0.5) is 0 Å². The number of hydrogen-bond acceptors (Lipinski definition) is 6. The minimum Gasteiger partial charge on any atom is -0.756 e. The van der Waals surface area contributed by atoms with E-state index in [1.165, 1.54) is 70.6 Å². The summed E-state index contributed by atoms with van der Waals surface area (Å²) in [6, 6.07) is -0.855. The number of aliphatic hydroxyl groups is 1. The van der Waals surface area contributed by atoms with Gasteiger partial charge in [0.05, 0.1) is 39.9 Å². The summed E-state index contributed by atoms with van der Waals surface area (Å²) in [6.45, 7) is 4.50. The summed E-state index contributed by atoms with van der Waals surface area (Å²) in [5, 5.41) is 13.8. The Morgan fingerprint density at radius 2 is 1.12 bits per heavy atom. The minimum absolute atomic E-state index is 0.00697. The van der Waals surface area contributed by atoms with Gasteiger partial charge in [0.15, 0.2) is 0 Å². The van der Waals surface area contributed by atoms with Crippen LogP contribution in [0.25, 0.3) is 0 Å². The zero-order chi connectivity index (χ0) is 37.9. The molecule has 0 rings (SSSR count). The number of carbonyl (C=O) groups excluding carboxylic acids is 1. The van der Waals surface area contributed by atoms with E-state index in [1.54, 1.807) is 6.08 Å². The molecule has 0 aliphatic heterocycles. The van der Waals surface area contributed by atoms with Crippen LogP contribution in [0.1, 0.15) is 149 Å². The number of allylic oxidation sites excluding steroid dienone is 9. The van der Waals surface area contributed by atoms with Crippen molar-refractivity contribution in [1.29, 1.82) is 0 Å². The molecular weight excluding hydrogens is 659 g/mol. The van der Waals surface area contributed by atoms with Crippen molar-refractivity contribution in [2.24, 2.45) is 0 Å². The summed E-state index contributed by atoms with van der Waals surface area (Å²) in [5.41, 5.74) is 0. The van der Waals surface area contributed by atoms with Gasteiger partial charge >= 0.3 is 0 Å². The van der Waals surface area contributed by atoms with Gasteiger partial charge in [-0.1, -0.05) is 164 Å². The van der Waals surface area contributed by atoms with Gasteiger partial charge < -0.3 is 28.8 Å². The number of amides is 1. The maximum Gasteiger partial charge on any atom is 0.268 e. The molecule has 0 bridgehead atoms. The zero-order valence-electron chi connectivity index (χ0n) is 33.3. The maximum absolute atomic E-state index is 12.8. The number of aliphatic hydroxyl groups excluding tert-OH is 1. The molecule has 0 radical (unpaired) electrons. The summed E-state index contributed by atoms with van der Waals surface area (Å²) in [6.07, 6.45) is 42.5. The van der Waals surface area contributed by atoms with Crippen molar-refractivity contribution in [3.63, 3.8) is 0 Å². The summed E-state index contributed by atoms with van der Waals surface area (Å²) < 4.78 is 23.1. The molecule has 0 saturated heterocycles. The largest absolute Gasteiger partial charge is 0.756 e. The molecule has 0 fully saturated rings. The molecule has 0 heterocycles. The average Bonchev–Trinajstić information content (AvgIpc) is 3.07. The first-order valence-electron chi connectivity index (χ1n) is 20.1. The predicted molar refractivity (Wildman–Crippen MR) is 214 cm³/mol. The Bertz CT molecular complexity index is 1020. The summed E-state index contributed by atoms with van der Waals surface area (Å²) in [7, 11) is 1.24. The van der Waals surface area contributed by atoms with E-state index in [4.69, 9.17) is 9.05 Å². The molecule has 0 aromatic carbocycles. The van der Waals surface area contributed by atoms with Gasteiger partial charge in [0, 0.05) is 6.42 Å². The van der Waals surface area contributed by atoms with Gasteiger partial charge in [0.1, 0.15) is 13.2 Å². The minimum atomic E-state index is -4.59. The van der Waals surface area contributed by atoms with E-state index in [-0.39, 0.29) is 25.5 Å². The van der Waals surface area contributed by atoms with Crippen LogP contribution in [0.2, 0.25) is 0 Å². The normalized spacial score (nSPS) is 15.2. The maximum atomic E-state index is 12.8. The van der Waals surface area contributed by atoms with Crippen molar-refractivity contribution in [1.82, 2.24) is 5.32 Å². The molecule has 51 heavy (non-hydrogen) atoms. The number of rotatable bonds is 35. The lowest BCUT2D eigenvalue weighted by molar-refractivity contribution is -0.870. The van der Waals surface area contributed by atoms with Crippen LogP contribution in [0.3, 0.4) is 0 Å². The highest BCUT2D eigenvalue weighted by Crippen LogP contribution is 2.38. The van der Waals surface area contributed by atoms with Crippen LogP contribution in [0.5, 0.6) is 0 Å². The number of quaternary nitrogens is 1. The fourth-order valence-corrected chi connectivity index (χ4v) is 6.06. The third-order valence-electron chi connectivity index (χ3n) is 8.55. The molecule has 3 unspecified atom stereocenters. The van der Waals surface area contributed by atoms with Gasteiger partial charge in [-0.2, -0.15) is 0 Å². The van der Waals surface area contributed by atoms with Crippen LogP contribution in [0.15, 0.2) is 60.8 Å². The highest BCUT2D eigenvalue weighted by Gasteiger charge is 2.24. The molecule has 0 saturated carbocycles. The van der Waals surface area contributed by atoms with Gasteiger partial charge in [0.25, 0.3) is 7.82 Å². The second kappa shape index (κ2) is 34.0. The first kappa shape index (κ1) is 49.2. The van der Waals surface area contributed by atoms with E-state index in [1.807, 2.05) is 27.2 Å². The van der Waals surface area contributed by atoms with Gasteiger partial charge in [-0.15, -0.1) is 0 Å². The molecule has 0 aliphatic carbocycles. The lowest BCUT2D eigenvalue weighted by Gasteiger charge is -2.30. The topological polar surface area (TPSA) is 108 Å². The van der Waals surface area contributed by atoms with Crippen molar-refractivity contribution in [2.45, 2.75) is 161 Å². The number of hydrogen-bond donors (Lipinski definition) is 2. The Kier molecular flexibility index (Phi) is 32.8. The van der Waals surface area contributed by atoms with Gasteiger partial charge in [-0.25, -0.2) is 0 Å². The summed E-state index contributed by atoms with van der Waals surface area (Å²) >= 11 is 0. The molecule has 3 atom stereocenters. The van der Waals surface area contributed by atoms with Crippen molar-refractivity contribution >= 4 is 13.7 Å². The molecule has 0 aromatic heterocycles.